The summed E-state index contributed by atoms with van der Waals surface area (Å²) in [7, 11) is 1.58. The number of benzene rings is 1. The summed E-state index contributed by atoms with van der Waals surface area (Å²) >= 11 is 0. The van der Waals surface area contributed by atoms with Crippen LogP contribution in [0.25, 0.3) is 11.4 Å². The maximum atomic E-state index is 12.1. The normalized spacial score (nSPS) is 14.1. The van der Waals surface area contributed by atoms with E-state index in [0.29, 0.717) is 36.6 Å². The Labute approximate surface area is 159 Å². The SMILES string of the molecule is CNC(=O)c1cnc(-c2ccccc2)nc1CCNC(=O)CN1CCCC1. The summed E-state index contributed by atoms with van der Waals surface area (Å²) < 4.78 is 0. The standard InChI is InChI=1S/C20H25N5O2/c1-21-20(27)16-13-23-19(15-7-3-2-4-8-15)24-17(16)9-10-22-18(26)14-25-11-5-6-12-25/h2-4,7-8,13H,5-6,9-12,14H2,1H3,(H,21,27)(H,22,26). The third-order valence-electron chi connectivity index (χ3n) is 4.62. The quantitative estimate of drug-likeness (QED) is 0.769. The maximum absolute atomic E-state index is 12.1. The summed E-state index contributed by atoms with van der Waals surface area (Å²) in [5, 5.41) is 5.54. The highest BCUT2D eigenvalue weighted by atomic mass is 16.2. The van der Waals surface area contributed by atoms with Gasteiger partial charge < -0.3 is 10.6 Å². The Morgan fingerprint density at radius 1 is 1.15 bits per heavy atom. The fourth-order valence-electron chi connectivity index (χ4n) is 3.18. The van der Waals surface area contributed by atoms with E-state index in [1.54, 1.807) is 13.2 Å². The van der Waals surface area contributed by atoms with Gasteiger partial charge in [0.15, 0.2) is 5.82 Å². The van der Waals surface area contributed by atoms with E-state index in [0.717, 1.165) is 31.5 Å². The van der Waals surface area contributed by atoms with Crippen molar-refractivity contribution in [3.63, 3.8) is 0 Å². The third-order valence-corrected chi connectivity index (χ3v) is 4.62. The Balaban J connectivity index is 1.67. The second-order valence-electron chi connectivity index (χ2n) is 6.58. The number of carbonyl (C=O) groups excluding carboxylic acids is 2. The Hall–Kier alpha value is -2.80. The number of nitrogens with zero attached hydrogens (tertiary/aromatic N) is 3. The molecule has 0 radical (unpaired) electrons. The van der Waals surface area contributed by atoms with Gasteiger partial charge in [-0.1, -0.05) is 30.3 Å². The van der Waals surface area contributed by atoms with E-state index < -0.39 is 0 Å². The predicted molar refractivity (Wildman–Crippen MR) is 103 cm³/mol. The lowest BCUT2D eigenvalue weighted by atomic mass is 10.1. The molecule has 1 aromatic heterocycles. The van der Waals surface area contributed by atoms with Crippen molar-refractivity contribution in [1.82, 2.24) is 25.5 Å². The van der Waals surface area contributed by atoms with Crippen molar-refractivity contribution in [2.45, 2.75) is 19.3 Å². The van der Waals surface area contributed by atoms with Crippen molar-refractivity contribution in [2.75, 3.05) is 33.2 Å². The molecule has 2 heterocycles. The van der Waals surface area contributed by atoms with Crippen molar-refractivity contribution in [3.05, 3.63) is 47.8 Å². The first-order valence-electron chi connectivity index (χ1n) is 9.30. The zero-order valence-corrected chi connectivity index (χ0v) is 15.6. The van der Waals surface area contributed by atoms with Crippen molar-refractivity contribution < 1.29 is 9.59 Å². The van der Waals surface area contributed by atoms with Gasteiger partial charge in [-0.15, -0.1) is 0 Å². The second-order valence-corrected chi connectivity index (χ2v) is 6.58. The Kier molecular flexibility index (Phi) is 6.49. The number of nitrogens with one attached hydrogen (secondary N) is 2. The van der Waals surface area contributed by atoms with Crippen LogP contribution in [0.4, 0.5) is 0 Å². The highest BCUT2D eigenvalue weighted by molar-refractivity contribution is 5.95. The Morgan fingerprint density at radius 2 is 1.89 bits per heavy atom. The molecule has 2 N–H and O–H groups in total. The number of aromatic nitrogens is 2. The smallest absolute Gasteiger partial charge is 0.254 e. The minimum atomic E-state index is -0.229. The van der Waals surface area contributed by atoms with Gasteiger partial charge in [-0.05, 0) is 25.9 Å². The van der Waals surface area contributed by atoms with E-state index in [4.69, 9.17) is 0 Å². The van der Waals surface area contributed by atoms with Crippen molar-refractivity contribution >= 4 is 11.8 Å². The lowest BCUT2D eigenvalue weighted by Crippen LogP contribution is -2.36. The van der Waals surface area contributed by atoms with Crippen LogP contribution in [-0.4, -0.2) is 59.9 Å². The van der Waals surface area contributed by atoms with Crippen molar-refractivity contribution in [3.8, 4) is 11.4 Å². The molecule has 0 spiro atoms. The van der Waals surface area contributed by atoms with Gasteiger partial charge in [0.1, 0.15) is 0 Å². The molecule has 1 fully saturated rings. The van der Waals surface area contributed by atoms with E-state index in [2.05, 4.69) is 25.5 Å². The fraction of sp³-hybridized carbons (Fsp3) is 0.400. The topological polar surface area (TPSA) is 87.2 Å². The second kappa shape index (κ2) is 9.23. The van der Waals surface area contributed by atoms with Crippen molar-refractivity contribution in [2.24, 2.45) is 0 Å². The van der Waals surface area contributed by atoms with Crippen LogP contribution in [0.3, 0.4) is 0 Å². The van der Waals surface area contributed by atoms with Gasteiger partial charge >= 0.3 is 0 Å². The van der Waals surface area contributed by atoms with Gasteiger partial charge in [0.2, 0.25) is 5.91 Å². The summed E-state index contributed by atoms with van der Waals surface area (Å²) in [6.45, 7) is 2.84. The molecule has 1 aliphatic rings. The molecule has 0 aliphatic carbocycles. The lowest BCUT2D eigenvalue weighted by Gasteiger charge is -2.14. The number of likely N-dealkylation sites (tertiary alicyclic amines) is 1. The molecule has 3 rings (SSSR count). The van der Waals surface area contributed by atoms with Gasteiger partial charge in [0.25, 0.3) is 5.91 Å². The highest BCUT2D eigenvalue weighted by Gasteiger charge is 2.16. The minimum Gasteiger partial charge on any atom is -0.355 e. The van der Waals surface area contributed by atoms with E-state index >= 15 is 0 Å². The molecule has 7 nitrogen and oxygen atoms in total. The first-order valence-corrected chi connectivity index (χ1v) is 9.30. The lowest BCUT2D eigenvalue weighted by molar-refractivity contribution is -0.121. The minimum absolute atomic E-state index is 0.00994. The first-order chi connectivity index (χ1) is 13.2. The van der Waals surface area contributed by atoms with Crippen LogP contribution < -0.4 is 10.6 Å². The summed E-state index contributed by atoms with van der Waals surface area (Å²) in [6, 6.07) is 9.62. The Morgan fingerprint density at radius 3 is 2.59 bits per heavy atom. The molecule has 2 aromatic rings. The molecule has 0 bridgehead atoms. The van der Waals surface area contributed by atoms with Gasteiger partial charge in [-0.25, -0.2) is 9.97 Å². The molecular weight excluding hydrogens is 342 g/mol. The summed E-state index contributed by atoms with van der Waals surface area (Å²) in [5.41, 5.74) is 1.95. The molecule has 0 saturated carbocycles. The molecule has 27 heavy (non-hydrogen) atoms. The number of rotatable bonds is 7. The van der Waals surface area contributed by atoms with Crippen LogP contribution in [0.2, 0.25) is 0 Å². The molecular formula is C20H25N5O2. The summed E-state index contributed by atoms with van der Waals surface area (Å²) in [5.74, 6) is 0.352. The van der Waals surface area contributed by atoms with Crippen LogP contribution in [0.5, 0.6) is 0 Å². The van der Waals surface area contributed by atoms with Crippen LogP contribution in [-0.2, 0) is 11.2 Å². The van der Waals surface area contributed by atoms with Gasteiger partial charge in [-0.2, -0.15) is 0 Å². The van der Waals surface area contributed by atoms with Crippen LogP contribution in [0.1, 0.15) is 28.9 Å². The fourth-order valence-corrected chi connectivity index (χ4v) is 3.18. The number of carbonyl (C=O) groups is 2. The van der Waals surface area contributed by atoms with Gasteiger partial charge in [-0.3, -0.25) is 14.5 Å². The predicted octanol–water partition coefficient (Wildman–Crippen LogP) is 1.26. The van der Waals surface area contributed by atoms with Crippen molar-refractivity contribution in [1.29, 1.82) is 0 Å². The van der Waals surface area contributed by atoms with Crippen LogP contribution in [0.15, 0.2) is 36.5 Å². The number of hydrogen-bond donors (Lipinski definition) is 2. The molecule has 0 unspecified atom stereocenters. The Bertz CT molecular complexity index is 788. The van der Waals surface area contributed by atoms with E-state index in [9.17, 15) is 9.59 Å². The molecule has 7 heteroatoms. The molecule has 1 saturated heterocycles. The molecule has 0 atom stereocenters. The molecule has 1 aromatic carbocycles. The van der Waals surface area contributed by atoms with E-state index in [1.807, 2.05) is 30.3 Å². The average Bonchev–Trinajstić information content (AvgIpc) is 3.21. The van der Waals surface area contributed by atoms with Crippen LogP contribution >= 0.6 is 0 Å². The van der Waals surface area contributed by atoms with E-state index in [1.165, 1.54) is 0 Å². The van der Waals surface area contributed by atoms with Crippen LogP contribution in [0, 0.1) is 0 Å². The maximum Gasteiger partial charge on any atom is 0.254 e. The zero-order valence-electron chi connectivity index (χ0n) is 15.6. The summed E-state index contributed by atoms with van der Waals surface area (Å²) in [6.07, 6.45) is 4.34. The monoisotopic (exact) mass is 367 g/mol. The van der Waals surface area contributed by atoms with Gasteiger partial charge in [0, 0.05) is 31.8 Å². The highest BCUT2D eigenvalue weighted by Crippen LogP contribution is 2.16. The molecule has 1 aliphatic heterocycles. The van der Waals surface area contributed by atoms with Gasteiger partial charge in [0.05, 0.1) is 17.8 Å². The molecule has 142 valence electrons. The first kappa shape index (κ1) is 19.0. The largest absolute Gasteiger partial charge is 0.355 e. The molecule has 2 amide bonds. The zero-order chi connectivity index (χ0) is 19.1. The number of hydrogen-bond acceptors (Lipinski definition) is 5. The average molecular weight is 367 g/mol. The third kappa shape index (κ3) is 5.10. The summed E-state index contributed by atoms with van der Waals surface area (Å²) in [4.78, 5) is 35.3. The number of amides is 2. The van der Waals surface area contributed by atoms with E-state index in [-0.39, 0.29) is 11.8 Å².